The van der Waals surface area contributed by atoms with Gasteiger partial charge in [-0.3, -0.25) is 0 Å². The van der Waals surface area contributed by atoms with Crippen molar-refractivity contribution >= 4 is 11.8 Å². The second-order valence-corrected chi connectivity index (χ2v) is 4.18. The van der Waals surface area contributed by atoms with Crippen LogP contribution in [0.5, 0.6) is 5.75 Å². The van der Waals surface area contributed by atoms with Crippen molar-refractivity contribution in [2.45, 2.75) is 5.22 Å². The number of nitrogens with zero attached hydrogens (tertiary/aromatic N) is 2. The fourth-order valence-electron chi connectivity index (χ4n) is 1.27. The summed E-state index contributed by atoms with van der Waals surface area (Å²) in [5, 5.41) is 8.47. The molecule has 17 heavy (non-hydrogen) atoms. The Hall–Kier alpha value is -1.75. The number of ether oxygens (including phenoxy) is 1. The van der Waals surface area contributed by atoms with Crippen LogP contribution < -0.4 is 4.74 Å². The van der Waals surface area contributed by atoms with Crippen LogP contribution in [0.25, 0.3) is 11.5 Å². The number of hydrogen-bond acceptors (Lipinski definition) is 5. The van der Waals surface area contributed by atoms with Gasteiger partial charge < -0.3 is 9.15 Å². The molecule has 0 unspecified atom stereocenters. The van der Waals surface area contributed by atoms with Gasteiger partial charge in [-0.15, -0.1) is 16.8 Å². The molecule has 4 nitrogen and oxygen atoms in total. The first-order chi connectivity index (χ1) is 8.33. The smallest absolute Gasteiger partial charge is 0.277 e. The van der Waals surface area contributed by atoms with Crippen molar-refractivity contribution in [2.75, 3.05) is 12.9 Å². The van der Waals surface area contributed by atoms with E-state index in [2.05, 4.69) is 16.8 Å². The summed E-state index contributed by atoms with van der Waals surface area (Å²) >= 11 is 1.46. The summed E-state index contributed by atoms with van der Waals surface area (Å²) < 4.78 is 10.6. The molecule has 88 valence electrons. The molecule has 0 saturated carbocycles. The number of aromatic nitrogens is 2. The highest BCUT2D eigenvalue weighted by atomic mass is 32.2. The first-order valence-electron chi connectivity index (χ1n) is 5.05. The Balaban J connectivity index is 2.20. The van der Waals surface area contributed by atoms with Crippen LogP contribution in [-0.4, -0.2) is 23.1 Å². The number of benzene rings is 1. The van der Waals surface area contributed by atoms with E-state index in [4.69, 9.17) is 9.15 Å². The molecule has 0 bridgehead atoms. The Morgan fingerprint density at radius 2 is 2.35 bits per heavy atom. The lowest BCUT2D eigenvalue weighted by molar-refractivity contribution is 0.414. The van der Waals surface area contributed by atoms with E-state index in [9.17, 15) is 0 Å². The average Bonchev–Trinajstić information content (AvgIpc) is 2.85. The van der Waals surface area contributed by atoms with Gasteiger partial charge in [-0.2, -0.15) is 0 Å². The van der Waals surface area contributed by atoms with Gasteiger partial charge in [0.2, 0.25) is 5.89 Å². The number of methoxy groups -OCH3 is 1. The lowest BCUT2D eigenvalue weighted by Crippen LogP contribution is -1.83. The molecule has 0 N–H and O–H groups in total. The third-order valence-electron chi connectivity index (χ3n) is 2.05. The Kier molecular flexibility index (Phi) is 3.82. The van der Waals surface area contributed by atoms with E-state index >= 15 is 0 Å². The molecule has 2 rings (SSSR count). The molecule has 0 aliphatic rings. The summed E-state index contributed by atoms with van der Waals surface area (Å²) in [6.07, 6.45) is 1.79. The Bertz CT molecular complexity index is 511. The second kappa shape index (κ2) is 5.54. The molecule has 0 aliphatic carbocycles. The Morgan fingerprint density at radius 1 is 1.47 bits per heavy atom. The van der Waals surface area contributed by atoms with Gasteiger partial charge in [-0.25, -0.2) is 0 Å². The summed E-state index contributed by atoms with van der Waals surface area (Å²) in [4.78, 5) is 0. The fourth-order valence-corrected chi connectivity index (χ4v) is 1.77. The maximum atomic E-state index is 5.51. The van der Waals surface area contributed by atoms with Crippen LogP contribution in [0.3, 0.4) is 0 Å². The third kappa shape index (κ3) is 2.88. The first kappa shape index (κ1) is 11.7. The van der Waals surface area contributed by atoms with Crippen molar-refractivity contribution in [1.29, 1.82) is 0 Å². The van der Waals surface area contributed by atoms with Crippen molar-refractivity contribution < 1.29 is 9.15 Å². The van der Waals surface area contributed by atoms with E-state index in [0.29, 0.717) is 11.1 Å². The van der Waals surface area contributed by atoms with E-state index in [0.717, 1.165) is 17.1 Å². The second-order valence-electron chi connectivity index (χ2n) is 3.20. The van der Waals surface area contributed by atoms with Crippen molar-refractivity contribution in [1.82, 2.24) is 10.2 Å². The molecule has 0 atom stereocenters. The minimum absolute atomic E-state index is 0.496. The largest absolute Gasteiger partial charge is 0.497 e. The standard InChI is InChI=1S/C12H12N2O2S/c1-3-7-17-12-14-13-11(16-12)9-5-4-6-10(8-9)15-2/h3-6,8H,1,7H2,2H3. The van der Waals surface area contributed by atoms with E-state index in [1.807, 2.05) is 24.3 Å². The molecule has 1 aromatic carbocycles. The predicted molar refractivity (Wildman–Crippen MR) is 67.2 cm³/mol. The van der Waals surface area contributed by atoms with Gasteiger partial charge >= 0.3 is 0 Å². The van der Waals surface area contributed by atoms with E-state index < -0.39 is 0 Å². The van der Waals surface area contributed by atoms with Gasteiger partial charge in [0.25, 0.3) is 5.22 Å². The van der Waals surface area contributed by atoms with Crippen LogP contribution in [-0.2, 0) is 0 Å². The molecule has 0 spiro atoms. The molecule has 0 aliphatic heterocycles. The number of thioether (sulfide) groups is 1. The lowest BCUT2D eigenvalue weighted by Gasteiger charge is -1.99. The maximum Gasteiger partial charge on any atom is 0.277 e. The number of hydrogen-bond donors (Lipinski definition) is 0. The SMILES string of the molecule is C=CCSc1nnc(-c2cccc(OC)c2)o1. The zero-order valence-electron chi connectivity index (χ0n) is 9.42. The monoisotopic (exact) mass is 248 g/mol. The highest BCUT2D eigenvalue weighted by Gasteiger charge is 2.08. The molecule has 0 radical (unpaired) electrons. The van der Waals surface area contributed by atoms with Crippen molar-refractivity contribution in [2.24, 2.45) is 0 Å². The molecule has 5 heteroatoms. The summed E-state index contributed by atoms with van der Waals surface area (Å²) in [5.74, 6) is 2.01. The van der Waals surface area contributed by atoms with Gasteiger partial charge in [0.05, 0.1) is 7.11 Å². The van der Waals surface area contributed by atoms with Gasteiger partial charge in [0.15, 0.2) is 0 Å². The molecule has 2 aromatic rings. The zero-order valence-corrected chi connectivity index (χ0v) is 10.2. The summed E-state index contributed by atoms with van der Waals surface area (Å²) in [7, 11) is 1.62. The topological polar surface area (TPSA) is 48.2 Å². The third-order valence-corrected chi connectivity index (χ3v) is 2.86. The van der Waals surface area contributed by atoms with E-state index in [-0.39, 0.29) is 0 Å². The van der Waals surface area contributed by atoms with Crippen LogP contribution in [0, 0.1) is 0 Å². The highest BCUT2D eigenvalue weighted by Crippen LogP contribution is 2.25. The van der Waals surface area contributed by atoms with Crippen molar-refractivity contribution in [3.8, 4) is 17.2 Å². The van der Waals surface area contributed by atoms with Crippen LogP contribution in [0.2, 0.25) is 0 Å². The molecular weight excluding hydrogens is 236 g/mol. The maximum absolute atomic E-state index is 5.51. The summed E-state index contributed by atoms with van der Waals surface area (Å²) in [6, 6.07) is 7.51. The van der Waals surface area contributed by atoms with Crippen LogP contribution >= 0.6 is 11.8 Å². The van der Waals surface area contributed by atoms with Crippen LogP contribution in [0.15, 0.2) is 46.6 Å². The first-order valence-corrected chi connectivity index (χ1v) is 6.03. The summed E-state index contributed by atoms with van der Waals surface area (Å²) in [6.45, 7) is 3.64. The van der Waals surface area contributed by atoms with Crippen molar-refractivity contribution in [3.63, 3.8) is 0 Å². The quantitative estimate of drug-likeness (QED) is 0.601. The Labute approximate surface area is 104 Å². The van der Waals surface area contributed by atoms with Gasteiger partial charge in [0, 0.05) is 11.3 Å². The number of rotatable bonds is 5. The fraction of sp³-hybridized carbons (Fsp3) is 0.167. The molecule has 0 saturated heterocycles. The molecule has 0 fully saturated rings. The molecule has 0 amide bonds. The lowest BCUT2D eigenvalue weighted by atomic mass is 10.2. The van der Waals surface area contributed by atoms with Crippen molar-refractivity contribution in [3.05, 3.63) is 36.9 Å². The van der Waals surface area contributed by atoms with Crippen LogP contribution in [0.4, 0.5) is 0 Å². The predicted octanol–water partition coefficient (Wildman–Crippen LogP) is 3.02. The van der Waals surface area contributed by atoms with Gasteiger partial charge in [0.1, 0.15) is 5.75 Å². The minimum Gasteiger partial charge on any atom is -0.497 e. The minimum atomic E-state index is 0.496. The van der Waals surface area contributed by atoms with Crippen LogP contribution in [0.1, 0.15) is 0 Å². The zero-order chi connectivity index (χ0) is 12.1. The normalized spacial score (nSPS) is 10.2. The average molecular weight is 248 g/mol. The highest BCUT2D eigenvalue weighted by molar-refractivity contribution is 7.99. The van der Waals surface area contributed by atoms with Gasteiger partial charge in [-0.1, -0.05) is 23.9 Å². The molecule has 1 aromatic heterocycles. The van der Waals surface area contributed by atoms with Gasteiger partial charge in [-0.05, 0) is 18.2 Å². The van der Waals surface area contributed by atoms with E-state index in [1.165, 1.54) is 11.8 Å². The molecular formula is C12H12N2O2S. The van der Waals surface area contributed by atoms with E-state index in [1.54, 1.807) is 13.2 Å². The molecule has 1 heterocycles. The summed E-state index contributed by atoms with van der Waals surface area (Å²) in [5.41, 5.74) is 0.849. The Morgan fingerprint density at radius 3 is 3.12 bits per heavy atom.